The fraction of sp³-hybridized carbons (Fsp3) is 0.681. The molecule has 0 aromatic carbocycles. The fourth-order valence-electron chi connectivity index (χ4n) is 10.3. The molecule has 6 atom stereocenters. The standard InChI is InChI=1S/C15H18N4O.C13H17ClN4O.C11H20N2O2.C4H2Cl2N2.4CH4.S33/c1-2-11-5-17-15(6-16-11)18-7-12-3-4-13(8-18)19(12)14-9-20-10-14;14-12-3-16-13(4-15-12)17-5-9-1-2-10(6-17)18(9)11-7-19-8-11;1-11(2,3)15-10(14)13-8-4-5-9(13)7-12-6-8;5-3-1-7-4(6)2-8-3;;;;;1-3-5-7-9-11-13-15-17-19-21-23-25-27-29-31-33-32-30-28-26-24-22-20-18-16-14-12-10-8-6-4-2/h1,5-6,12-14H,3-4,7-10H2;3-4,9-11H,1-2,5-8H2;8-9,12H,4-7H2,1-3H3;1-2H;4*1H4;. The van der Waals surface area contributed by atoms with E-state index in [1.165, 1.54) is 55.8 Å². The minimum absolute atomic E-state index is 0. The molecule has 0 saturated carbocycles. The van der Waals surface area contributed by atoms with Crippen molar-refractivity contribution >= 4 is 350 Å². The van der Waals surface area contributed by atoms with E-state index in [4.69, 9.17) is 77.8 Å². The summed E-state index contributed by atoms with van der Waals surface area (Å²) in [6.45, 7) is 15.4. The molecule has 6 unspecified atom stereocenters. The summed E-state index contributed by atoms with van der Waals surface area (Å²) in [7, 11) is 54.6. The van der Waals surface area contributed by atoms with E-state index in [0.717, 1.165) is 90.2 Å². The number of rotatable bonds is 4. The summed E-state index contributed by atoms with van der Waals surface area (Å²) in [4.78, 5) is 48.5. The Labute approximate surface area is 696 Å². The van der Waals surface area contributed by atoms with Crippen LogP contribution < -0.4 is 15.1 Å². The molecule has 8 saturated heterocycles. The van der Waals surface area contributed by atoms with Gasteiger partial charge in [0, 0.05) is 373 Å². The number of terminal acetylenes is 1. The van der Waals surface area contributed by atoms with Crippen molar-refractivity contribution in [3.8, 4) is 12.3 Å². The number of carbonyl (C=O) groups is 1. The summed E-state index contributed by atoms with van der Waals surface area (Å²) >= 11 is 26.1. The van der Waals surface area contributed by atoms with Gasteiger partial charge in [-0.3, -0.25) is 14.7 Å². The second-order valence-corrected chi connectivity index (χ2v) is 76.2. The topological polar surface area (TPSA) is 150 Å². The van der Waals surface area contributed by atoms with Crippen LogP contribution in [-0.2, 0) is 312 Å². The van der Waals surface area contributed by atoms with Gasteiger partial charge in [0.05, 0.1) is 75.7 Å². The van der Waals surface area contributed by atoms with Crippen molar-refractivity contribution < 1.29 is 19.0 Å². The summed E-state index contributed by atoms with van der Waals surface area (Å²) in [6, 6.07) is 4.54. The molecule has 3 aromatic rings. The first-order valence-electron chi connectivity index (χ1n) is 27.1. The van der Waals surface area contributed by atoms with Crippen LogP contribution in [0.2, 0.25) is 15.5 Å². The molecule has 3 aromatic heterocycles. The monoisotopic (exact) mass is 2030 g/mol. The van der Waals surface area contributed by atoms with Crippen molar-refractivity contribution in [1.29, 1.82) is 0 Å². The summed E-state index contributed by atoms with van der Waals surface area (Å²) in [5.74, 6) is 4.41. The maximum absolute atomic E-state index is 12.0. The van der Waals surface area contributed by atoms with Crippen molar-refractivity contribution in [1.82, 2.24) is 49.9 Å². The number of hydrogen-bond acceptors (Lipinski definition) is 17. The highest BCUT2D eigenvalue weighted by Crippen LogP contribution is 2.37. The number of halogens is 3. The van der Waals surface area contributed by atoms with Crippen LogP contribution in [-0.4, -0.2) is 170 Å². The van der Waals surface area contributed by atoms with E-state index in [1.807, 2.05) is 177 Å². The number of fused-ring (bicyclic) bond motifs is 6. The molecule has 0 radical (unpaired) electrons. The molecule has 8 aliphatic rings. The average Bonchev–Trinajstić information content (AvgIpc) is 1.68. The van der Waals surface area contributed by atoms with Gasteiger partial charge in [-0.1, -0.05) is 64.5 Å². The third-order valence-electron chi connectivity index (χ3n) is 13.6. The first-order chi connectivity index (χ1) is 46.3. The van der Waals surface area contributed by atoms with Gasteiger partial charge in [0.2, 0.25) is 0 Å². The quantitative estimate of drug-likeness (QED) is 0.260. The number of ether oxygens (including phenoxy) is 3. The van der Waals surface area contributed by atoms with Gasteiger partial charge < -0.3 is 29.3 Å². The number of amides is 1. The maximum Gasteiger partial charge on any atom is 0.410 e. The molecule has 16 nitrogen and oxygen atoms in total. The molecule has 52 heteroatoms. The normalized spacial score (nSPS) is 20.0. The van der Waals surface area contributed by atoms with Gasteiger partial charge in [-0.05, 0) is 65.2 Å². The van der Waals surface area contributed by atoms with Crippen molar-refractivity contribution in [2.45, 2.75) is 143 Å². The third-order valence-corrected chi connectivity index (χ3v) is 80.9. The Bertz CT molecular complexity index is 4480. The van der Waals surface area contributed by atoms with Crippen LogP contribution in [0.4, 0.5) is 16.4 Å². The van der Waals surface area contributed by atoms with Crippen LogP contribution >= 0.6 is 34.8 Å². The number of nitrogens with one attached hydrogen (secondary N) is 1. The smallest absolute Gasteiger partial charge is 0.410 e. The Morgan fingerprint density at radius 2 is 0.737 bits per heavy atom. The average molecular weight is 2030 g/mol. The molecule has 0 spiro atoms. The Morgan fingerprint density at radius 1 is 0.455 bits per heavy atom. The molecular formula is C47H73Cl3N12O4S33. The number of aromatic nitrogens is 6. The van der Waals surface area contributed by atoms with Crippen LogP contribution in [0.1, 0.15) is 94.7 Å². The van der Waals surface area contributed by atoms with E-state index < -0.39 is 0 Å². The summed E-state index contributed by atoms with van der Waals surface area (Å²) < 4.78 is 16.1. The second-order valence-electron chi connectivity index (χ2n) is 20.2. The highest BCUT2D eigenvalue weighted by atomic mass is 35.5. The van der Waals surface area contributed by atoms with Crippen molar-refractivity contribution in [3.63, 3.8) is 0 Å². The summed E-state index contributed by atoms with van der Waals surface area (Å²) in [5, 5.41) is 4.51. The van der Waals surface area contributed by atoms with E-state index in [1.54, 1.807) is 131 Å². The van der Waals surface area contributed by atoms with Crippen LogP contribution in [0.25, 0.3) is 0 Å². The molecule has 8 aliphatic heterocycles. The Kier molecular flexibility index (Phi) is 56.3. The van der Waals surface area contributed by atoms with Crippen molar-refractivity contribution in [3.05, 3.63) is 58.3 Å². The molecule has 564 valence electrons. The molecule has 11 rings (SSSR count). The Morgan fingerprint density at radius 3 is 0.980 bits per heavy atom. The molecule has 11 heterocycles. The lowest BCUT2D eigenvalue weighted by Crippen LogP contribution is -2.62. The van der Waals surface area contributed by atoms with Crippen LogP contribution in [0.3, 0.4) is 0 Å². The molecule has 6 bridgehead atoms. The number of carbonyl (C=O) groups excluding carboxylic acids is 1. The first kappa shape index (κ1) is 96.8. The minimum atomic E-state index is -0.388. The lowest BCUT2D eigenvalue weighted by Gasteiger charge is -2.47. The Balaban J connectivity index is 0.000000336. The van der Waals surface area contributed by atoms with E-state index >= 15 is 0 Å². The Hall–Kier alpha value is 3.60. The van der Waals surface area contributed by atoms with Gasteiger partial charge in [0.25, 0.3) is 0 Å². The first-order valence-corrected chi connectivity index (χ1v) is 70.9. The van der Waals surface area contributed by atoms with Gasteiger partial charge in [-0.2, -0.15) is 0 Å². The van der Waals surface area contributed by atoms with Crippen LogP contribution in [0.15, 0.2) is 37.2 Å². The highest BCUT2D eigenvalue weighted by Gasteiger charge is 2.47. The van der Waals surface area contributed by atoms with Gasteiger partial charge in [0.1, 0.15) is 38.4 Å². The molecule has 99 heavy (non-hydrogen) atoms. The zero-order chi connectivity index (χ0) is 67.3. The summed E-state index contributed by atoms with van der Waals surface area (Å²) in [6.07, 6.45) is 22.2. The van der Waals surface area contributed by atoms with Gasteiger partial charge >= 0.3 is 6.09 Å². The zero-order valence-corrected chi connectivity index (χ0v) is 78.3. The second kappa shape index (κ2) is 57.6. The predicted octanol–water partition coefficient (Wildman–Crippen LogP) is 7.30. The molecule has 0 aliphatic carbocycles. The highest BCUT2D eigenvalue weighted by molar-refractivity contribution is 8.80. The zero-order valence-electron chi connectivity index (χ0n) is 49.1. The maximum atomic E-state index is 12.0. The molecule has 8 fully saturated rings. The molecular weight excluding hydrogens is 1960 g/mol. The number of anilines is 2. The molecule has 1 amide bonds. The number of nitrogens with zero attached hydrogens (tertiary/aromatic N) is 11. The lowest BCUT2D eigenvalue weighted by molar-refractivity contribution is -0.0850. The number of hydrogen-bond donors (Lipinski definition) is 1. The number of piperazine rings is 3. The summed E-state index contributed by atoms with van der Waals surface area (Å²) in [5.41, 5.74) is 0.212. The van der Waals surface area contributed by atoms with E-state index in [9.17, 15) is 4.79 Å². The van der Waals surface area contributed by atoms with Gasteiger partial charge in [-0.25, -0.2) is 34.7 Å². The fourth-order valence-corrected chi connectivity index (χ4v) is 90.2. The SMILES string of the molecule is C.C.C.C.C#Cc1cnc(N2CC3CCC(C2)N3C2COC2)cn1.CC(C)(C)OC(=O)N1C2CCC1CNC2.Clc1cnc(Cl)cn1.Clc1cnc(N2CC3CCC(C2)N3C2COC2)cn1.S=S=S=S=S=S=S=S=S=S=S=S=S=S=S=S=S=S=S=S=S=S=S=S=S=S=S=S=S=S=S=S=S. The van der Waals surface area contributed by atoms with Crippen molar-refractivity contribution in [2.75, 3.05) is 75.5 Å². The van der Waals surface area contributed by atoms with E-state index in [0.29, 0.717) is 69.5 Å². The van der Waals surface area contributed by atoms with Gasteiger partial charge in [0.15, 0.2) is 0 Å². The van der Waals surface area contributed by atoms with E-state index in [-0.39, 0.29) is 41.4 Å². The van der Waals surface area contributed by atoms with E-state index in [2.05, 4.69) is 60.7 Å². The van der Waals surface area contributed by atoms with Crippen LogP contribution in [0, 0.1) is 12.3 Å². The van der Waals surface area contributed by atoms with Crippen LogP contribution in [0.5, 0.6) is 0 Å². The minimum Gasteiger partial charge on any atom is -0.444 e. The third kappa shape index (κ3) is 37.7. The largest absolute Gasteiger partial charge is 0.444 e. The predicted molar refractivity (Wildman–Crippen MR) is 508 cm³/mol. The lowest BCUT2D eigenvalue weighted by atomic mass is 10.1. The molecule has 1 N–H and O–H groups in total. The van der Waals surface area contributed by atoms with Gasteiger partial charge in [-0.15, -0.1) is 6.42 Å². The van der Waals surface area contributed by atoms with Crippen molar-refractivity contribution in [2.24, 2.45) is 0 Å².